The number of carbonyl (C=O) groups excluding carboxylic acids is 1. The Labute approximate surface area is 207 Å². The van der Waals surface area contributed by atoms with Gasteiger partial charge in [-0.15, -0.1) is 0 Å². The molecule has 3 aromatic rings. The van der Waals surface area contributed by atoms with Crippen LogP contribution in [0.25, 0.3) is 0 Å². The summed E-state index contributed by atoms with van der Waals surface area (Å²) in [5, 5.41) is 6.74. The van der Waals surface area contributed by atoms with Gasteiger partial charge in [0.1, 0.15) is 17.6 Å². The molecule has 3 rings (SSSR count). The predicted molar refractivity (Wildman–Crippen MR) is 135 cm³/mol. The number of rotatable bonds is 15. The number of amides is 1. The Balaban J connectivity index is 1.55. The molecule has 0 aliphatic heterocycles. The highest BCUT2D eigenvalue weighted by Gasteiger charge is 2.27. The summed E-state index contributed by atoms with van der Waals surface area (Å²) in [5.74, 6) is -2.40. The second-order valence-corrected chi connectivity index (χ2v) is 9.11. The fourth-order valence-electron chi connectivity index (χ4n) is 4.26. The molecule has 0 unspecified atom stereocenters. The molecule has 0 aliphatic rings. The highest BCUT2D eigenvalue weighted by Crippen LogP contribution is 2.28. The Bertz CT molecular complexity index is 1040. The van der Waals surface area contributed by atoms with E-state index in [2.05, 4.69) is 17.4 Å². The van der Waals surface area contributed by atoms with E-state index in [0.29, 0.717) is 11.3 Å². The topological polar surface area (TPSA) is 55.1 Å². The molecule has 4 nitrogen and oxygen atoms in total. The van der Waals surface area contributed by atoms with Crippen molar-refractivity contribution >= 4 is 11.6 Å². The van der Waals surface area contributed by atoms with Crippen LogP contribution in [0.2, 0.25) is 0 Å². The zero-order valence-electron chi connectivity index (χ0n) is 20.6. The van der Waals surface area contributed by atoms with Gasteiger partial charge in [-0.1, -0.05) is 100 Å². The van der Waals surface area contributed by atoms with Gasteiger partial charge in [0.25, 0.3) is 0 Å². The first kappa shape index (κ1) is 26.6. The van der Waals surface area contributed by atoms with Crippen molar-refractivity contribution in [2.24, 2.45) is 0 Å². The van der Waals surface area contributed by atoms with Gasteiger partial charge >= 0.3 is 0 Å². The van der Waals surface area contributed by atoms with Crippen LogP contribution in [-0.2, 0) is 11.2 Å². The van der Waals surface area contributed by atoms with Gasteiger partial charge in [-0.05, 0) is 30.5 Å². The molecular formula is C29H36F2N2O2. The molecule has 2 aromatic carbocycles. The number of carbonyl (C=O) groups is 1. The number of aromatic nitrogens is 1. The average Bonchev–Trinajstić information content (AvgIpc) is 3.31. The van der Waals surface area contributed by atoms with E-state index in [4.69, 9.17) is 4.52 Å². The Morgan fingerprint density at radius 2 is 1.54 bits per heavy atom. The predicted octanol–water partition coefficient (Wildman–Crippen LogP) is 8.19. The van der Waals surface area contributed by atoms with Gasteiger partial charge in [0.05, 0.1) is 11.4 Å². The molecule has 188 valence electrons. The van der Waals surface area contributed by atoms with Crippen LogP contribution < -0.4 is 5.32 Å². The molecule has 0 fully saturated rings. The molecule has 1 aromatic heterocycles. The minimum absolute atomic E-state index is 0.0811. The van der Waals surface area contributed by atoms with Gasteiger partial charge in [0.2, 0.25) is 5.91 Å². The van der Waals surface area contributed by atoms with Crippen LogP contribution >= 0.6 is 0 Å². The number of hydrogen-bond donors (Lipinski definition) is 1. The van der Waals surface area contributed by atoms with E-state index in [9.17, 15) is 13.6 Å². The van der Waals surface area contributed by atoms with E-state index in [1.165, 1.54) is 57.4 Å². The molecule has 1 amide bonds. The number of benzene rings is 2. The number of nitrogens with one attached hydrogen (secondary N) is 1. The highest BCUT2D eigenvalue weighted by molar-refractivity contribution is 5.97. The maximum Gasteiger partial charge on any atom is 0.239 e. The van der Waals surface area contributed by atoms with Crippen LogP contribution in [0.15, 0.2) is 59.1 Å². The molecular weight excluding hydrogens is 446 g/mol. The number of aryl methyl sites for hydroxylation is 1. The maximum atomic E-state index is 14.1. The summed E-state index contributed by atoms with van der Waals surface area (Å²) >= 11 is 0. The number of halogens is 2. The van der Waals surface area contributed by atoms with Gasteiger partial charge in [0.15, 0.2) is 5.76 Å². The van der Waals surface area contributed by atoms with Crippen molar-refractivity contribution in [1.82, 2.24) is 5.16 Å². The van der Waals surface area contributed by atoms with Crippen LogP contribution in [0.3, 0.4) is 0 Å². The quantitative estimate of drug-likeness (QED) is 0.222. The van der Waals surface area contributed by atoms with E-state index in [-0.39, 0.29) is 5.69 Å². The normalized spacial score (nSPS) is 12.0. The lowest BCUT2D eigenvalue weighted by Gasteiger charge is -2.15. The second kappa shape index (κ2) is 14.4. The minimum atomic E-state index is -0.829. The SMILES string of the molecule is CCCCCCCCCCCCc1cc([C@H](C(=O)Nc2ccc(F)cc2F)c2ccccc2)on1. The number of hydrogen-bond acceptors (Lipinski definition) is 3. The van der Waals surface area contributed by atoms with E-state index in [1.807, 2.05) is 36.4 Å². The van der Waals surface area contributed by atoms with Gasteiger partial charge in [-0.25, -0.2) is 8.78 Å². The van der Waals surface area contributed by atoms with Crippen LogP contribution in [0.1, 0.15) is 94.1 Å². The molecule has 6 heteroatoms. The molecule has 1 N–H and O–H groups in total. The highest BCUT2D eigenvalue weighted by atomic mass is 19.1. The Kier molecular flexibility index (Phi) is 10.9. The van der Waals surface area contributed by atoms with Gasteiger partial charge < -0.3 is 9.84 Å². The van der Waals surface area contributed by atoms with Crippen LogP contribution in [0, 0.1) is 11.6 Å². The van der Waals surface area contributed by atoms with E-state index in [1.54, 1.807) is 0 Å². The first-order chi connectivity index (χ1) is 17.1. The number of nitrogens with zero attached hydrogens (tertiary/aromatic N) is 1. The molecule has 35 heavy (non-hydrogen) atoms. The van der Waals surface area contributed by atoms with Crippen LogP contribution in [-0.4, -0.2) is 11.1 Å². The Morgan fingerprint density at radius 1 is 0.886 bits per heavy atom. The lowest BCUT2D eigenvalue weighted by Crippen LogP contribution is -2.22. The first-order valence-corrected chi connectivity index (χ1v) is 12.8. The minimum Gasteiger partial charge on any atom is -0.360 e. The van der Waals surface area contributed by atoms with Crippen LogP contribution in [0.4, 0.5) is 14.5 Å². The molecule has 0 spiro atoms. The summed E-state index contributed by atoms with van der Waals surface area (Å²) in [4.78, 5) is 13.1. The molecule has 0 radical (unpaired) electrons. The third-order valence-electron chi connectivity index (χ3n) is 6.23. The molecule has 0 saturated heterocycles. The van der Waals surface area contributed by atoms with Crippen molar-refractivity contribution in [3.05, 3.63) is 83.2 Å². The zero-order valence-corrected chi connectivity index (χ0v) is 20.6. The van der Waals surface area contributed by atoms with Gasteiger partial charge in [0, 0.05) is 12.1 Å². The lowest BCUT2D eigenvalue weighted by atomic mass is 9.95. The molecule has 0 aliphatic carbocycles. The van der Waals surface area contributed by atoms with E-state index in [0.717, 1.165) is 37.1 Å². The smallest absolute Gasteiger partial charge is 0.239 e. The van der Waals surface area contributed by atoms with Crippen molar-refractivity contribution in [1.29, 1.82) is 0 Å². The van der Waals surface area contributed by atoms with E-state index >= 15 is 0 Å². The van der Waals surface area contributed by atoms with Crippen molar-refractivity contribution < 1.29 is 18.1 Å². The fraction of sp³-hybridized carbons (Fsp3) is 0.448. The summed E-state index contributed by atoms with van der Waals surface area (Å²) in [5.41, 5.74) is 1.43. The van der Waals surface area contributed by atoms with Gasteiger partial charge in [-0.3, -0.25) is 4.79 Å². The summed E-state index contributed by atoms with van der Waals surface area (Å²) in [6, 6.07) is 14.0. The third kappa shape index (κ3) is 8.61. The first-order valence-electron chi connectivity index (χ1n) is 12.8. The standard InChI is InChI=1S/C29H36F2N2O2/c1-2-3-4-5-6-7-8-9-10-14-17-24-21-27(35-33-24)28(22-15-12-11-13-16-22)29(34)32-26-19-18-23(30)20-25(26)31/h11-13,15-16,18-21,28H,2-10,14,17H2,1H3,(H,32,34)/t28-/m1/s1. The summed E-state index contributed by atoms with van der Waals surface area (Å²) in [6.45, 7) is 2.24. The van der Waals surface area contributed by atoms with E-state index < -0.39 is 23.5 Å². The van der Waals surface area contributed by atoms with Crippen molar-refractivity contribution in [2.45, 2.75) is 83.5 Å². The monoisotopic (exact) mass is 482 g/mol. The van der Waals surface area contributed by atoms with Crippen molar-refractivity contribution in [2.75, 3.05) is 5.32 Å². The van der Waals surface area contributed by atoms with Gasteiger partial charge in [-0.2, -0.15) is 0 Å². The zero-order chi connectivity index (χ0) is 24.9. The number of anilines is 1. The summed E-state index contributed by atoms with van der Waals surface area (Å²) in [7, 11) is 0. The fourth-order valence-corrected chi connectivity index (χ4v) is 4.26. The molecule has 1 atom stereocenters. The largest absolute Gasteiger partial charge is 0.360 e. The second-order valence-electron chi connectivity index (χ2n) is 9.11. The average molecular weight is 483 g/mol. The van der Waals surface area contributed by atoms with Crippen molar-refractivity contribution in [3.8, 4) is 0 Å². The van der Waals surface area contributed by atoms with Crippen LogP contribution in [0.5, 0.6) is 0 Å². The van der Waals surface area contributed by atoms with Crippen molar-refractivity contribution in [3.63, 3.8) is 0 Å². The Hall–Kier alpha value is -3.02. The summed E-state index contributed by atoms with van der Waals surface area (Å²) in [6.07, 6.45) is 13.4. The molecule has 0 saturated carbocycles. The maximum absolute atomic E-state index is 14.1. The molecule has 0 bridgehead atoms. The Morgan fingerprint density at radius 3 is 2.20 bits per heavy atom. The molecule has 1 heterocycles. The lowest BCUT2D eigenvalue weighted by molar-refractivity contribution is -0.117. The third-order valence-corrected chi connectivity index (χ3v) is 6.23. The summed E-state index contributed by atoms with van der Waals surface area (Å²) < 4.78 is 32.9. The number of unbranched alkanes of at least 4 members (excludes halogenated alkanes) is 9.